The van der Waals surface area contributed by atoms with Gasteiger partial charge in [-0.05, 0) is 5.92 Å². The fourth-order valence-electron chi connectivity index (χ4n) is 0.491. The van der Waals surface area contributed by atoms with Gasteiger partial charge in [0, 0.05) is 12.5 Å². The van der Waals surface area contributed by atoms with Crippen LogP contribution in [0.4, 0.5) is 0 Å². The van der Waals surface area contributed by atoms with Crippen LogP contribution in [0.15, 0.2) is 0 Å². The SMILES string of the molecule is CC(CO)[C](CO)CO. The summed E-state index contributed by atoms with van der Waals surface area (Å²) in [5.41, 5.74) is 0. The van der Waals surface area contributed by atoms with Crippen molar-refractivity contribution in [1.29, 1.82) is 0 Å². The second kappa shape index (κ2) is 4.73. The Balaban J connectivity index is 3.50. The molecule has 0 aromatic heterocycles. The van der Waals surface area contributed by atoms with Gasteiger partial charge in [0.25, 0.3) is 0 Å². The minimum atomic E-state index is -0.141. The van der Waals surface area contributed by atoms with E-state index < -0.39 is 0 Å². The van der Waals surface area contributed by atoms with Crippen molar-refractivity contribution < 1.29 is 15.3 Å². The van der Waals surface area contributed by atoms with Gasteiger partial charge in [-0.15, -0.1) is 0 Å². The van der Waals surface area contributed by atoms with Crippen LogP contribution >= 0.6 is 0 Å². The molecule has 3 heteroatoms. The molecule has 1 radical (unpaired) electrons. The van der Waals surface area contributed by atoms with E-state index in [1.54, 1.807) is 6.92 Å². The molecule has 3 nitrogen and oxygen atoms in total. The smallest absolute Gasteiger partial charge is 0.0520 e. The quantitative estimate of drug-likeness (QED) is 0.469. The lowest BCUT2D eigenvalue weighted by atomic mass is 9.97. The Bertz CT molecular complexity index is 61.3. The van der Waals surface area contributed by atoms with Gasteiger partial charge >= 0.3 is 0 Å². The Labute approximate surface area is 54.9 Å². The van der Waals surface area contributed by atoms with Gasteiger partial charge in [0.05, 0.1) is 13.2 Å². The van der Waals surface area contributed by atoms with Crippen LogP contribution in [0.2, 0.25) is 0 Å². The molecule has 0 rings (SSSR count). The van der Waals surface area contributed by atoms with E-state index in [1.807, 2.05) is 0 Å². The van der Waals surface area contributed by atoms with Crippen molar-refractivity contribution in [3.63, 3.8) is 0 Å². The molecule has 9 heavy (non-hydrogen) atoms. The maximum absolute atomic E-state index is 8.52. The summed E-state index contributed by atoms with van der Waals surface area (Å²) < 4.78 is 0. The van der Waals surface area contributed by atoms with E-state index in [-0.39, 0.29) is 25.7 Å². The molecule has 55 valence electrons. The summed E-state index contributed by atoms with van der Waals surface area (Å²) in [6.07, 6.45) is 0. The molecular formula is C6H13O3. The zero-order valence-corrected chi connectivity index (χ0v) is 5.54. The first-order valence-electron chi connectivity index (χ1n) is 2.93. The number of aliphatic hydroxyl groups is 3. The zero-order chi connectivity index (χ0) is 7.28. The van der Waals surface area contributed by atoms with Crippen molar-refractivity contribution in [2.45, 2.75) is 6.92 Å². The monoisotopic (exact) mass is 133 g/mol. The fourth-order valence-corrected chi connectivity index (χ4v) is 0.491. The van der Waals surface area contributed by atoms with Crippen molar-refractivity contribution >= 4 is 0 Å². The molecule has 0 bridgehead atoms. The molecule has 3 N–H and O–H groups in total. The summed E-state index contributed by atoms with van der Waals surface area (Å²) in [5.74, 6) is 0.484. The summed E-state index contributed by atoms with van der Waals surface area (Å²) in [4.78, 5) is 0. The highest BCUT2D eigenvalue weighted by molar-refractivity contribution is 4.93. The highest BCUT2D eigenvalue weighted by Gasteiger charge is 2.14. The summed E-state index contributed by atoms with van der Waals surface area (Å²) >= 11 is 0. The van der Waals surface area contributed by atoms with Crippen LogP contribution in [0.3, 0.4) is 0 Å². The first-order valence-corrected chi connectivity index (χ1v) is 2.93. The molecule has 0 saturated carbocycles. The summed E-state index contributed by atoms with van der Waals surface area (Å²) in [6, 6.07) is 0. The van der Waals surface area contributed by atoms with Crippen molar-refractivity contribution in [2.75, 3.05) is 19.8 Å². The summed E-state index contributed by atoms with van der Waals surface area (Å²) in [5, 5.41) is 25.6. The maximum Gasteiger partial charge on any atom is 0.0520 e. The highest BCUT2D eigenvalue weighted by atomic mass is 16.3. The Morgan fingerprint density at radius 1 is 1.22 bits per heavy atom. The standard InChI is InChI=1S/C6H13O3/c1-5(2-7)6(3-8)4-9/h5,7-9H,2-4H2,1H3. The van der Waals surface area contributed by atoms with Crippen LogP contribution < -0.4 is 0 Å². The third-order valence-electron chi connectivity index (χ3n) is 1.38. The minimum absolute atomic E-state index is 0.0174. The van der Waals surface area contributed by atoms with Crippen molar-refractivity contribution in [3.8, 4) is 0 Å². The van der Waals surface area contributed by atoms with E-state index in [2.05, 4.69) is 0 Å². The zero-order valence-electron chi connectivity index (χ0n) is 5.54. The highest BCUT2D eigenvalue weighted by Crippen LogP contribution is 2.10. The maximum atomic E-state index is 8.52. The van der Waals surface area contributed by atoms with Gasteiger partial charge in [0.15, 0.2) is 0 Å². The van der Waals surface area contributed by atoms with E-state index in [4.69, 9.17) is 15.3 Å². The lowest BCUT2D eigenvalue weighted by molar-refractivity contribution is 0.174. The number of hydrogen-bond donors (Lipinski definition) is 3. The van der Waals surface area contributed by atoms with Gasteiger partial charge in [0.1, 0.15) is 0 Å². The van der Waals surface area contributed by atoms with Crippen LogP contribution in [0.25, 0.3) is 0 Å². The molecule has 0 spiro atoms. The van der Waals surface area contributed by atoms with E-state index in [1.165, 1.54) is 0 Å². The van der Waals surface area contributed by atoms with Gasteiger partial charge in [-0.2, -0.15) is 0 Å². The topological polar surface area (TPSA) is 60.7 Å². The van der Waals surface area contributed by atoms with Gasteiger partial charge in [0.2, 0.25) is 0 Å². The van der Waals surface area contributed by atoms with Gasteiger partial charge in [-0.3, -0.25) is 0 Å². The van der Waals surface area contributed by atoms with E-state index in [0.29, 0.717) is 5.92 Å². The van der Waals surface area contributed by atoms with Gasteiger partial charge in [-0.25, -0.2) is 0 Å². The first-order chi connectivity index (χ1) is 4.26. The van der Waals surface area contributed by atoms with Crippen LogP contribution in [0.5, 0.6) is 0 Å². The van der Waals surface area contributed by atoms with E-state index in [9.17, 15) is 0 Å². The normalized spacial score (nSPS) is 14.3. The summed E-state index contributed by atoms with van der Waals surface area (Å²) in [6.45, 7) is 1.45. The second-order valence-electron chi connectivity index (χ2n) is 2.06. The van der Waals surface area contributed by atoms with Crippen LogP contribution in [-0.4, -0.2) is 35.1 Å². The molecule has 0 aromatic rings. The van der Waals surface area contributed by atoms with Crippen molar-refractivity contribution in [1.82, 2.24) is 0 Å². The minimum Gasteiger partial charge on any atom is -0.396 e. The Morgan fingerprint density at radius 2 is 1.67 bits per heavy atom. The summed E-state index contributed by atoms with van der Waals surface area (Å²) in [7, 11) is 0. The number of hydrogen-bond acceptors (Lipinski definition) is 3. The van der Waals surface area contributed by atoms with E-state index >= 15 is 0 Å². The molecule has 0 aliphatic rings. The molecule has 0 heterocycles. The Morgan fingerprint density at radius 3 is 1.78 bits per heavy atom. The van der Waals surface area contributed by atoms with E-state index in [0.717, 1.165) is 0 Å². The molecular weight excluding hydrogens is 120 g/mol. The number of rotatable bonds is 4. The predicted octanol–water partition coefficient (Wildman–Crippen LogP) is -0.826. The van der Waals surface area contributed by atoms with Crippen LogP contribution in [-0.2, 0) is 0 Å². The molecule has 0 fully saturated rings. The lowest BCUT2D eigenvalue weighted by Gasteiger charge is -2.15. The average molecular weight is 133 g/mol. The average Bonchev–Trinajstić information content (AvgIpc) is 1.90. The molecule has 0 saturated heterocycles. The predicted molar refractivity (Wildman–Crippen MR) is 33.7 cm³/mol. The van der Waals surface area contributed by atoms with Crippen LogP contribution in [0.1, 0.15) is 6.92 Å². The third-order valence-corrected chi connectivity index (χ3v) is 1.38. The Kier molecular flexibility index (Phi) is 4.67. The molecule has 0 amide bonds. The van der Waals surface area contributed by atoms with Crippen LogP contribution in [0, 0.1) is 11.8 Å². The second-order valence-corrected chi connectivity index (χ2v) is 2.06. The largest absolute Gasteiger partial charge is 0.396 e. The fraction of sp³-hybridized carbons (Fsp3) is 0.833. The lowest BCUT2D eigenvalue weighted by Crippen LogP contribution is -2.20. The third kappa shape index (κ3) is 2.79. The molecule has 0 aliphatic carbocycles. The van der Waals surface area contributed by atoms with Gasteiger partial charge in [-0.1, -0.05) is 6.92 Å². The molecule has 0 aliphatic heterocycles. The Hall–Kier alpha value is -0.120. The first kappa shape index (κ1) is 8.88. The number of aliphatic hydroxyl groups excluding tert-OH is 3. The van der Waals surface area contributed by atoms with Crippen molar-refractivity contribution in [3.05, 3.63) is 5.92 Å². The molecule has 0 aromatic carbocycles. The molecule has 1 atom stereocenters. The molecule has 1 unspecified atom stereocenters. The van der Waals surface area contributed by atoms with Gasteiger partial charge < -0.3 is 15.3 Å². The van der Waals surface area contributed by atoms with Crippen molar-refractivity contribution in [2.24, 2.45) is 5.92 Å².